The Morgan fingerprint density at radius 1 is 1.40 bits per heavy atom. The Morgan fingerprint density at radius 3 is 2.80 bits per heavy atom. The molecule has 1 aromatic carbocycles. The maximum absolute atomic E-state index is 11.6. The molecule has 0 fully saturated rings. The van der Waals surface area contributed by atoms with Crippen LogP contribution in [0.2, 0.25) is 0 Å². The van der Waals surface area contributed by atoms with E-state index in [1.165, 1.54) is 16.7 Å². The normalized spacial score (nSPS) is 12.2. The molecule has 0 aliphatic carbocycles. The fourth-order valence-corrected chi connectivity index (χ4v) is 2.31. The summed E-state index contributed by atoms with van der Waals surface area (Å²) >= 11 is 0. The highest BCUT2D eigenvalue weighted by molar-refractivity contribution is 5.86. The first-order valence-electron chi connectivity index (χ1n) is 6.80. The number of nitrogens with zero attached hydrogens (tertiary/aromatic N) is 2. The average molecular weight is 272 g/mol. The van der Waals surface area contributed by atoms with E-state index in [-0.39, 0.29) is 12.0 Å². The van der Waals surface area contributed by atoms with E-state index in [0.29, 0.717) is 12.3 Å². The number of carbonyl (C=O) groups is 1. The highest BCUT2D eigenvalue weighted by atomic mass is 16.5. The van der Waals surface area contributed by atoms with E-state index in [2.05, 4.69) is 44.0 Å². The van der Waals surface area contributed by atoms with Crippen molar-refractivity contribution in [2.24, 2.45) is 0 Å². The Kier molecular flexibility index (Phi) is 4.23. The van der Waals surface area contributed by atoms with Crippen LogP contribution in [0.3, 0.4) is 0 Å². The van der Waals surface area contributed by atoms with E-state index < -0.39 is 0 Å². The molecule has 0 N–H and O–H groups in total. The van der Waals surface area contributed by atoms with E-state index >= 15 is 0 Å². The van der Waals surface area contributed by atoms with Crippen molar-refractivity contribution in [3.05, 3.63) is 53.1 Å². The first-order valence-corrected chi connectivity index (χ1v) is 6.80. The molecule has 0 spiro atoms. The maximum Gasteiger partial charge on any atom is 0.358 e. The highest BCUT2D eigenvalue weighted by Crippen LogP contribution is 2.22. The van der Waals surface area contributed by atoms with Crippen LogP contribution in [-0.4, -0.2) is 22.1 Å². The summed E-state index contributed by atoms with van der Waals surface area (Å²) in [5.74, 6) is -0.376. The third-order valence-corrected chi connectivity index (χ3v) is 3.41. The zero-order valence-corrected chi connectivity index (χ0v) is 12.4. The molecule has 1 atom stereocenters. The Bertz CT molecular complexity index is 617. The predicted octanol–water partition coefficient (Wildman–Crippen LogP) is 3.29. The molecule has 1 unspecified atom stereocenters. The lowest BCUT2D eigenvalue weighted by Gasteiger charge is -2.16. The molecular formula is C16H20N2O2. The Hall–Kier alpha value is -2.10. The molecule has 1 aromatic heterocycles. The van der Waals surface area contributed by atoms with Crippen LogP contribution in [0.5, 0.6) is 0 Å². The molecule has 2 rings (SSSR count). The number of imidazole rings is 1. The van der Waals surface area contributed by atoms with Gasteiger partial charge in [0.1, 0.15) is 0 Å². The van der Waals surface area contributed by atoms with Crippen LogP contribution in [0.4, 0.5) is 0 Å². The second-order valence-corrected chi connectivity index (χ2v) is 4.96. The minimum atomic E-state index is -0.376. The fraction of sp³-hybridized carbons (Fsp3) is 0.375. The topological polar surface area (TPSA) is 44.1 Å². The van der Waals surface area contributed by atoms with Crippen molar-refractivity contribution in [3.63, 3.8) is 0 Å². The van der Waals surface area contributed by atoms with Crippen LogP contribution in [-0.2, 0) is 4.74 Å². The van der Waals surface area contributed by atoms with Crippen molar-refractivity contribution in [1.82, 2.24) is 9.55 Å². The molecule has 4 nitrogen and oxygen atoms in total. The number of aryl methyl sites for hydroxylation is 2. The molecular weight excluding hydrogens is 252 g/mol. The number of benzene rings is 1. The number of hydrogen-bond acceptors (Lipinski definition) is 3. The summed E-state index contributed by atoms with van der Waals surface area (Å²) in [6.07, 6.45) is 3.41. The molecule has 0 aliphatic rings. The van der Waals surface area contributed by atoms with Gasteiger partial charge >= 0.3 is 5.97 Å². The summed E-state index contributed by atoms with van der Waals surface area (Å²) in [5, 5.41) is 0. The number of ether oxygens (including phenoxy) is 1. The van der Waals surface area contributed by atoms with Gasteiger partial charge in [-0.2, -0.15) is 0 Å². The van der Waals surface area contributed by atoms with Crippen LogP contribution >= 0.6 is 0 Å². The molecule has 106 valence electrons. The zero-order valence-electron chi connectivity index (χ0n) is 12.4. The van der Waals surface area contributed by atoms with Gasteiger partial charge in [-0.05, 0) is 38.8 Å². The van der Waals surface area contributed by atoms with E-state index in [0.717, 1.165) is 0 Å². The smallest absolute Gasteiger partial charge is 0.358 e. The second kappa shape index (κ2) is 5.90. The molecule has 0 amide bonds. The number of rotatable bonds is 4. The summed E-state index contributed by atoms with van der Waals surface area (Å²) in [6.45, 7) is 8.42. The summed E-state index contributed by atoms with van der Waals surface area (Å²) in [7, 11) is 0. The lowest BCUT2D eigenvalue weighted by Crippen LogP contribution is -2.07. The number of hydrogen-bond donors (Lipinski definition) is 0. The highest BCUT2D eigenvalue weighted by Gasteiger charge is 2.15. The largest absolute Gasteiger partial charge is 0.461 e. The van der Waals surface area contributed by atoms with Crippen LogP contribution in [0.15, 0.2) is 30.7 Å². The van der Waals surface area contributed by atoms with Crippen molar-refractivity contribution in [2.45, 2.75) is 33.7 Å². The predicted molar refractivity (Wildman–Crippen MR) is 77.9 cm³/mol. The van der Waals surface area contributed by atoms with Crippen molar-refractivity contribution in [2.75, 3.05) is 6.61 Å². The summed E-state index contributed by atoms with van der Waals surface area (Å²) < 4.78 is 6.89. The van der Waals surface area contributed by atoms with E-state index in [4.69, 9.17) is 4.74 Å². The third-order valence-electron chi connectivity index (χ3n) is 3.41. The van der Waals surface area contributed by atoms with Crippen molar-refractivity contribution in [1.29, 1.82) is 0 Å². The van der Waals surface area contributed by atoms with Gasteiger partial charge in [-0.25, -0.2) is 9.78 Å². The Morgan fingerprint density at radius 2 is 2.15 bits per heavy atom. The van der Waals surface area contributed by atoms with Crippen molar-refractivity contribution >= 4 is 5.97 Å². The minimum Gasteiger partial charge on any atom is -0.461 e. The van der Waals surface area contributed by atoms with Crippen LogP contribution in [0, 0.1) is 13.8 Å². The number of aromatic nitrogens is 2. The number of esters is 1. The van der Waals surface area contributed by atoms with E-state index in [9.17, 15) is 4.79 Å². The molecule has 0 saturated heterocycles. The zero-order chi connectivity index (χ0) is 14.7. The third kappa shape index (κ3) is 2.90. The Labute approximate surface area is 119 Å². The van der Waals surface area contributed by atoms with Gasteiger partial charge in [-0.3, -0.25) is 0 Å². The molecule has 0 radical (unpaired) electrons. The van der Waals surface area contributed by atoms with Gasteiger partial charge in [0.2, 0.25) is 0 Å². The molecule has 20 heavy (non-hydrogen) atoms. The first kappa shape index (κ1) is 14.3. The van der Waals surface area contributed by atoms with Crippen molar-refractivity contribution < 1.29 is 9.53 Å². The van der Waals surface area contributed by atoms with Crippen LogP contribution in [0.25, 0.3) is 0 Å². The van der Waals surface area contributed by atoms with Crippen LogP contribution in [0.1, 0.15) is 47.1 Å². The van der Waals surface area contributed by atoms with Gasteiger partial charge in [-0.1, -0.05) is 23.8 Å². The van der Waals surface area contributed by atoms with Crippen LogP contribution < -0.4 is 0 Å². The molecule has 0 saturated carbocycles. The molecule has 2 aromatic rings. The lowest BCUT2D eigenvalue weighted by molar-refractivity contribution is 0.0520. The lowest BCUT2D eigenvalue weighted by atomic mass is 10.0. The fourth-order valence-electron chi connectivity index (χ4n) is 2.31. The standard InChI is InChI=1S/C16H20N2O2/c1-5-20-16(19)15-9-18(10-17-15)13(4)14-7-6-11(2)8-12(14)3/h6-10,13H,5H2,1-4H3. The van der Waals surface area contributed by atoms with E-state index in [1.807, 2.05) is 4.57 Å². The summed E-state index contributed by atoms with van der Waals surface area (Å²) in [5.41, 5.74) is 4.06. The van der Waals surface area contributed by atoms with Gasteiger partial charge in [0.25, 0.3) is 0 Å². The first-order chi connectivity index (χ1) is 9.52. The SMILES string of the molecule is CCOC(=O)c1cn(C(C)c2ccc(C)cc2C)cn1. The van der Waals surface area contributed by atoms with E-state index in [1.54, 1.807) is 19.4 Å². The molecule has 0 aliphatic heterocycles. The van der Waals surface area contributed by atoms with Gasteiger partial charge in [0, 0.05) is 6.20 Å². The Balaban J connectivity index is 2.25. The second-order valence-electron chi connectivity index (χ2n) is 4.96. The quantitative estimate of drug-likeness (QED) is 0.802. The van der Waals surface area contributed by atoms with Gasteiger partial charge in [0.15, 0.2) is 5.69 Å². The van der Waals surface area contributed by atoms with Crippen molar-refractivity contribution in [3.8, 4) is 0 Å². The molecule has 1 heterocycles. The maximum atomic E-state index is 11.6. The monoisotopic (exact) mass is 272 g/mol. The van der Waals surface area contributed by atoms with Gasteiger partial charge in [-0.15, -0.1) is 0 Å². The summed E-state index contributed by atoms with van der Waals surface area (Å²) in [6, 6.07) is 6.52. The average Bonchev–Trinajstić information content (AvgIpc) is 2.88. The molecule has 0 bridgehead atoms. The minimum absolute atomic E-state index is 0.131. The molecule has 4 heteroatoms. The van der Waals surface area contributed by atoms with Gasteiger partial charge < -0.3 is 9.30 Å². The summed E-state index contributed by atoms with van der Waals surface area (Å²) in [4.78, 5) is 15.7. The van der Waals surface area contributed by atoms with Gasteiger partial charge in [0.05, 0.1) is 19.0 Å². The number of carbonyl (C=O) groups excluding carboxylic acids is 1.